The summed E-state index contributed by atoms with van der Waals surface area (Å²) in [5.41, 5.74) is 3.25. The molecule has 2 aliphatic heterocycles. The average Bonchev–Trinajstić information content (AvgIpc) is 2.53. The maximum absolute atomic E-state index is 12.9. The van der Waals surface area contributed by atoms with E-state index in [1.165, 1.54) is 5.56 Å². The predicted octanol–water partition coefficient (Wildman–Crippen LogP) is 2.21. The summed E-state index contributed by atoms with van der Waals surface area (Å²) in [6.07, 6.45) is 2.12. The quantitative estimate of drug-likeness (QED) is 0.906. The third-order valence-electron chi connectivity index (χ3n) is 4.78. The van der Waals surface area contributed by atoms with Gasteiger partial charge >= 0.3 is 0 Å². The van der Waals surface area contributed by atoms with Crippen LogP contribution in [0.25, 0.3) is 0 Å². The number of nitrogens with zero attached hydrogens (tertiary/aromatic N) is 2. The van der Waals surface area contributed by atoms with Crippen LogP contribution in [0, 0.1) is 0 Å². The van der Waals surface area contributed by atoms with E-state index in [-0.39, 0.29) is 5.91 Å². The van der Waals surface area contributed by atoms with Gasteiger partial charge in [-0.15, -0.1) is 0 Å². The molecule has 0 spiro atoms. The van der Waals surface area contributed by atoms with Gasteiger partial charge in [-0.2, -0.15) is 0 Å². The summed E-state index contributed by atoms with van der Waals surface area (Å²) in [5, 5.41) is 3.41. The first-order valence-corrected chi connectivity index (χ1v) is 8.09. The maximum atomic E-state index is 12.9. The number of likely N-dealkylation sites (N-methyl/N-ethyl adjacent to an activating group) is 1. The number of anilines is 1. The van der Waals surface area contributed by atoms with Crippen molar-refractivity contribution in [3.8, 4) is 0 Å². The fraction of sp³-hybridized carbons (Fsp3) is 0.588. The van der Waals surface area contributed by atoms with Crippen LogP contribution in [0.5, 0.6) is 0 Å². The topological polar surface area (TPSA) is 35.6 Å². The summed E-state index contributed by atoms with van der Waals surface area (Å²) >= 11 is 0. The van der Waals surface area contributed by atoms with Gasteiger partial charge in [0.1, 0.15) is 0 Å². The lowest BCUT2D eigenvalue weighted by atomic mass is 9.96. The number of hydrogen-bond acceptors (Lipinski definition) is 3. The number of hydrogen-bond donors (Lipinski definition) is 1. The molecule has 0 bridgehead atoms. The molecular formula is C17H25N3O. The molecule has 1 N–H and O–H groups in total. The molecule has 114 valence electrons. The van der Waals surface area contributed by atoms with Crippen LogP contribution < -0.4 is 5.32 Å². The van der Waals surface area contributed by atoms with E-state index < -0.39 is 0 Å². The highest BCUT2D eigenvalue weighted by Gasteiger charge is 2.28. The van der Waals surface area contributed by atoms with E-state index in [0.29, 0.717) is 6.04 Å². The summed E-state index contributed by atoms with van der Waals surface area (Å²) in [6.45, 7) is 9.14. The minimum Gasteiger partial charge on any atom is -0.385 e. The van der Waals surface area contributed by atoms with E-state index in [2.05, 4.69) is 30.1 Å². The number of fused-ring (bicyclic) bond motifs is 1. The number of carbonyl (C=O) groups excluding carboxylic acids is 1. The van der Waals surface area contributed by atoms with Gasteiger partial charge in [-0.3, -0.25) is 9.69 Å². The van der Waals surface area contributed by atoms with E-state index in [1.807, 2.05) is 17.0 Å². The molecule has 1 fully saturated rings. The average molecular weight is 287 g/mol. The molecule has 3 rings (SSSR count). The number of piperazine rings is 1. The molecule has 2 heterocycles. The van der Waals surface area contributed by atoms with E-state index >= 15 is 0 Å². The molecule has 1 aromatic carbocycles. The first-order valence-electron chi connectivity index (χ1n) is 8.09. The molecule has 0 aromatic heterocycles. The Hall–Kier alpha value is -1.55. The normalized spacial score (nSPS) is 22.6. The molecule has 1 unspecified atom stereocenters. The summed E-state index contributed by atoms with van der Waals surface area (Å²) in [4.78, 5) is 17.4. The summed E-state index contributed by atoms with van der Waals surface area (Å²) in [7, 11) is 0. The largest absolute Gasteiger partial charge is 0.385 e. The van der Waals surface area contributed by atoms with Crippen LogP contribution >= 0.6 is 0 Å². The molecule has 1 amide bonds. The Labute approximate surface area is 127 Å². The predicted molar refractivity (Wildman–Crippen MR) is 85.9 cm³/mol. The Morgan fingerprint density at radius 2 is 2.24 bits per heavy atom. The van der Waals surface area contributed by atoms with Crippen molar-refractivity contribution < 1.29 is 4.79 Å². The van der Waals surface area contributed by atoms with Crippen LogP contribution in [0.4, 0.5) is 5.69 Å². The fourth-order valence-electron chi connectivity index (χ4n) is 3.53. The Morgan fingerprint density at radius 1 is 1.38 bits per heavy atom. The molecule has 1 saturated heterocycles. The minimum absolute atomic E-state index is 0.207. The highest BCUT2D eigenvalue weighted by atomic mass is 16.2. The second-order valence-electron chi connectivity index (χ2n) is 6.09. The molecule has 2 aliphatic rings. The van der Waals surface area contributed by atoms with Crippen molar-refractivity contribution in [3.63, 3.8) is 0 Å². The van der Waals surface area contributed by atoms with E-state index in [9.17, 15) is 4.79 Å². The van der Waals surface area contributed by atoms with Crippen molar-refractivity contribution >= 4 is 11.6 Å². The van der Waals surface area contributed by atoms with Crippen LogP contribution in [0.15, 0.2) is 18.2 Å². The van der Waals surface area contributed by atoms with Crippen molar-refractivity contribution in [3.05, 3.63) is 29.3 Å². The molecule has 0 saturated carbocycles. The molecule has 0 radical (unpaired) electrons. The van der Waals surface area contributed by atoms with Crippen LogP contribution in [0.2, 0.25) is 0 Å². The van der Waals surface area contributed by atoms with Gasteiger partial charge < -0.3 is 10.2 Å². The summed E-state index contributed by atoms with van der Waals surface area (Å²) < 4.78 is 0. The standard InChI is InChI=1S/C17H25N3O/c1-3-19-10-11-20(12-13(19)2)17(21)15-6-4-8-16-14(15)7-5-9-18-16/h4,6,8,13,18H,3,5,7,9-12H2,1-2H3. The highest BCUT2D eigenvalue weighted by Crippen LogP contribution is 2.26. The zero-order valence-electron chi connectivity index (χ0n) is 13.1. The lowest BCUT2D eigenvalue weighted by molar-refractivity contribution is 0.0527. The van der Waals surface area contributed by atoms with Gasteiger partial charge in [0.25, 0.3) is 5.91 Å². The van der Waals surface area contributed by atoms with Crippen molar-refractivity contribution in [2.24, 2.45) is 0 Å². The second-order valence-corrected chi connectivity index (χ2v) is 6.09. The SMILES string of the molecule is CCN1CCN(C(=O)c2cccc3c2CCCN3)CC1C. The number of rotatable bonds is 2. The van der Waals surface area contributed by atoms with E-state index in [1.54, 1.807) is 0 Å². The third-order valence-corrected chi connectivity index (χ3v) is 4.78. The zero-order valence-corrected chi connectivity index (χ0v) is 13.1. The Morgan fingerprint density at radius 3 is 3.00 bits per heavy atom. The van der Waals surface area contributed by atoms with Gasteiger partial charge in [-0.05, 0) is 44.0 Å². The molecule has 4 nitrogen and oxygen atoms in total. The van der Waals surface area contributed by atoms with E-state index in [4.69, 9.17) is 0 Å². The van der Waals surface area contributed by atoms with E-state index in [0.717, 1.165) is 56.8 Å². The molecule has 4 heteroatoms. The van der Waals surface area contributed by atoms with Gasteiger partial charge in [-0.25, -0.2) is 0 Å². The van der Waals surface area contributed by atoms with Gasteiger partial charge in [0.2, 0.25) is 0 Å². The number of carbonyl (C=O) groups is 1. The Kier molecular flexibility index (Phi) is 4.15. The van der Waals surface area contributed by atoms with Crippen molar-refractivity contribution in [1.82, 2.24) is 9.80 Å². The fourth-order valence-corrected chi connectivity index (χ4v) is 3.53. The summed E-state index contributed by atoms with van der Waals surface area (Å²) in [6, 6.07) is 6.52. The number of nitrogens with one attached hydrogen (secondary N) is 1. The lowest BCUT2D eigenvalue weighted by Gasteiger charge is -2.39. The van der Waals surface area contributed by atoms with Crippen LogP contribution in [-0.2, 0) is 6.42 Å². The molecule has 1 atom stereocenters. The molecular weight excluding hydrogens is 262 g/mol. The van der Waals surface area contributed by atoms with Gasteiger partial charge in [-0.1, -0.05) is 13.0 Å². The van der Waals surface area contributed by atoms with Gasteiger partial charge in [0, 0.05) is 43.5 Å². The van der Waals surface area contributed by atoms with Crippen LogP contribution in [0.3, 0.4) is 0 Å². The zero-order chi connectivity index (χ0) is 14.8. The van der Waals surface area contributed by atoms with Gasteiger partial charge in [0.15, 0.2) is 0 Å². The van der Waals surface area contributed by atoms with Crippen molar-refractivity contribution in [2.75, 3.05) is 38.0 Å². The first-order chi connectivity index (χ1) is 10.2. The minimum atomic E-state index is 0.207. The second kappa shape index (κ2) is 6.06. The smallest absolute Gasteiger partial charge is 0.254 e. The lowest BCUT2D eigenvalue weighted by Crippen LogP contribution is -2.53. The Bertz CT molecular complexity index is 529. The van der Waals surface area contributed by atoms with Crippen LogP contribution in [0.1, 0.15) is 36.2 Å². The first kappa shape index (κ1) is 14.4. The monoisotopic (exact) mass is 287 g/mol. The third kappa shape index (κ3) is 2.77. The molecule has 0 aliphatic carbocycles. The van der Waals surface area contributed by atoms with Crippen molar-refractivity contribution in [1.29, 1.82) is 0 Å². The summed E-state index contributed by atoms with van der Waals surface area (Å²) in [5.74, 6) is 0.207. The number of benzene rings is 1. The van der Waals surface area contributed by atoms with Crippen molar-refractivity contribution in [2.45, 2.75) is 32.7 Å². The number of amides is 1. The van der Waals surface area contributed by atoms with Crippen LogP contribution in [-0.4, -0.2) is 54.5 Å². The Balaban J connectivity index is 1.80. The molecule has 21 heavy (non-hydrogen) atoms. The maximum Gasteiger partial charge on any atom is 0.254 e. The van der Waals surface area contributed by atoms with Gasteiger partial charge in [0.05, 0.1) is 0 Å². The molecule has 1 aromatic rings. The highest BCUT2D eigenvalue weighted by molar-refractivity contribution is 5.97.